The van der Waals surface area contributed by atoms with Gasteiger partial charge in [0.05, 0.1) is 6.54 Å². The highest BCUT2D eigenvalue weighted by Gasteiger charge is 2.44. The van der Waals surface area contributed by atoms with Crippen molar-refractivity contribution in [2.24, 2.45) is 4.99 Å². The lowest BCUT2D eigenvalue weighted by Gasteiger charge is -2.33. The molecule has 43 heavy (non-hydrogen) atoms. The number of benzene rings is 4. The lowest BCUT2D eigenvalue weighted by Crippen LogP contribution is -2.43. The Morgan fingerprint density at radius 1 is 0.837 bits per heavy atom. The molecule has 7 nitrogen and oxygen atoms in total. The Morgan fingerprint density at radius 2 is 1.40 bits per heavy atom. The first-order valence-corrected chi connectivity index (χ1v) is 15.9. The summed E-state index contributed by atoms with van der Waals surface area (Å²) in [5, 5.41) is 10.9. The van der Waals surface area contributed by atoms with Crippen LogP contribution in [0, 0.1) is 0 Å². The van der Waals surface area contributed by atoms with Crippen LogP contribution in [0.4, 0.5) is 0 Å². The van der Waals surface area contributed by atoms with Crippen molar-refractivity contribution in [3.63, 3.8) is 0 Å². The number of hydrogen-bond acceptors (Lipinski definition) is 5. The molecule has 0 bridgehead atoms. The Kier molecular flexibility index (Phi) is 8.74. The second-order valence-electron chi connectivity index (χ2n) is 12.1. The van der Waals surface area contributed by atoms with Crippen LogP contribution in [-0.2, 0) is 22.3 Å². The lowest BCUT2D eigenvalue weighted by atomic mass is 9.86. The lowest BCUT2D eigenvalue weighted by molar-refractivity contribution is 0.223. The van der Waals surface area contributed by atoms with Crippen LogP contribution in [-0.4, -0.2) is 39.7 Å². The minimum absolute atomic E-state index is 0.113. The van der Waals surface area contributed by atoms with E-state index in [9.17, 15) is 18.1 Å². The number of nitrogens with zero attached hydrogens (tertiary/aromatic N) is 3. The van der Waals surface area contributed by atoms with E-state index < -0.39 is 22.4 Å². The molecule has 0 amide bonds. The van der Waals surface area contributed by atoms with E-state index in [2.05, 4.69) is 32.6 Å². The fourth-order valence-corrected chi connectivity index (χ4v) is 6.59. The van der Waals surface area contributed by atoms with Gasteiger partial charge in [0.2, 0.25) is 0 Å². The van der Waals surface area contributed by atoms with Crippen molar-refractivity contribution < 1.29 is 18.1 Å². The van der Waals surface area contributed by atoms with Crippen LogP contribution >= 0.6 is 0 Å². The molecule has 0 unspecified atom stereocenters. The largest absolute Gasteiger partial charge is 0.508 e. The Balaban J connectivity index is 1.61. The van der Waals surface area contributed by atoms with E-state index >= 15 is 0 Å². The zero-order valence-electron chi connectivity index (χ0n) is 25.0. The van der Waals surface area contributed by atoms with E-state index in [1.807, 2.05) is 103 Å². The van der Waals surface area contributed by atoms with E-state index in [1.165, 1.54) is 0 Å². The van der Waals surface area contributed by atoms with Gasteiger partial charge >= 0.3 is 10.3 Å². The Bertz CT molecular complexity index is 1670. The standard InChI is InChI=1S/C35H39N3O4S/c1-25(26-14-8-5-9-15-26)37(23-29-22-30(35(2,3)4)20-21-31(29)39)24-32-36-33(27-16-10-6-11-17-27)34(38(32)43(40,41)42)28-18-12-7-13-19-28/h5-22,25,33-34,39H,23-24H2,1-4H3,(H,40,41,42)/t25-,33-,34-/m0/s1. The summed E-state index contributed by atoms with van der Waals surface area (Å²) in [5.74, 6) is 0.405. The SMILES string of the molecule is C[C@@H](c1ccccc1)N(CC1=N[C@@H](c2ccccc2)[C@H](c2ccccc2)N1S(=O)(=O)O)Cc1cc(C(C)(C)C)ccc1O. The molecule has 0 saturated heterocycles. The quantitative estimate of drug-likeness (QED) is 0.198. The first kappa shape index (κ1) is 30.5. The Morgan fingerprint density at radius 3 is 1.95 bits per heavy atom. The fraction of sp³-hybridized carbons (Fsp3) is 0.286. The van der Waals surface area contributed by atoms with E-state index in [4.69, 9.17) is 4.99 Å². The van der Waals surface area contributed by atoms with Gasteiger partial charge in [0.1, 0.15) is 23.7 Å². The molecule has 1 aliphatic heterocycles. The van der Waals surface area contributed by atoms with Crippen LogP contribution in [0.25, 0.3) is 0 Å². The third kappa shape index (κ3) is 6.82. The second kappa shape index (κ2) is 12.3. The molecule has 0 spiro atoms. The smallest absolute Gasteiger partial charge is 0.361 e. The van der Waals surface area contributed by atoms with Crippen molar-refractivity contribution in [2.45, 2.75) is 57.8 Å². The fourth-order valence-electron chi connectivity index (χ4n) is 5.69. The summed E-state index contributed by atoms with van der Waals surface area (Å²) in [7, 11) is -4.71. The van der Waals surface area contributed by atoms with Gasteiger partial charge in [0.25, 0.3) is 0 Å². The normalized spacial score (nSPS) is 18.1. The Hall–Kier alpha value is -3.98. The van der Waals surface area contributed by atoms with E-state index in [1.54, 1.807) is 6.07 Å². The number of phenols is 1. The van der Waals surface area contributed by atoms with Gasteiger partial charge in [0, 0.05) is 18.2 Å². The molecule has 1 heterocycles. The molecule has 8 heteroatoms. The summed E-state index contributed by atoms with van der Waals surface area (Å²) in [5.41, 5.74) is 4.29. The van der Waals surface area contributed by atoms with Crippen LogP contribution in [0.2, 0.25) is 0 Å². The van der Waals surface area contributed by atoms with Crippen LogP contribution in [0.3, 0.4) is 0 Å². The molecule has 0 aromatic heterocycles. The van der Waals surface area contributed by atoms with Gasteiger partial charge < -0.3 is 5.11 Å². The number of aliphatic imine (C=N–C) groups is 1. The van der Waals surface area contributed by atoms with Gasteiger partial charge in [-0.25, -0.2) is 4.31 Å². The summed E-state index contributed by atoms with van der Waals surface area (Å²) < 4.78 is 38.0. The summed E-state index contributed by atoms with van der Waals surface area (Å²) >= 11 is 0. The second-order valence-corrected chi connectivity index (χ2v) is 13.4. The van der Waals surface area contributed by atoms with Crippen LogP contribution in [0.5, 0.6) is 5.75 Å². The molecule has 0 aliphatic carbocycles. The molecule has 224 valence electrons. The zero-order chi connectivity index (χ0) is 30.8. The third-order valence-corrected chi connectivity index (χ3v) is 9.05. The number of amidine groups is 1. The molecule has 0 fully saturated rings. The molecule has 2 N–H and O–H groups in total. The highest BCUT2D eigenvalue weighted by molar-refractivity contribution is 7.84. The van der Waals surface area contributed by atoms with Crippen LogP contribution < -0.4 is 0 Å². The van der Waals surface area contributed by atoms with E-state index in [0.29, 0.717) is 6.54 Å². The summed E-state index contributed by atoms with van der Waals surface area (Å²) in [6, 6.07) is 33.0. The van der Waals surface area contributed by atoms with Gasteiger partial charge in [-0.05, 0) is 40.7 Å². The average molecular weight is 598 g/mol. The van der Waals surface area contributed by atoms with Gasteiger partial charge in [0.15, 0.2) is 0 Å². The van der Waals surface area contributed by atoms with E-state index in [0.717, 1.165) is 32.1 Å². The summed E-state index contributed by atoms with van der Waals surface area (Å²) in [4.78, 5) is 7.09. The highest BCUT2D eigenvalue weighted by atomic mass is 32.2. The number of aromatic hydroxyl groups is 1. The van der Waals surface area contributed by atoms with Gasteiger partial charge in [-0.2, -0.15) is 8.42 Å². The summed E-state index contributed by atoms with van der Waals surface area (Å²) in [6.07, 6.45) is 0. The molecule has 0 radical (unpaired) electrons. The molecular formula is C35H39N3O4S. The van der Waals surface area contributed by atoms with Gasteiger partial charge in [-0.1, -0.05) is 124 Å². The first-order chi connectivity index (χ1) is 20.4. The molecule has 5 rings (SSSR count). The maximum atomic E-state index is 13.1. The predicted octanol–water partition coefficient (Wildman–Crippen LogP) is 7.25. The molecule has 4 aromatic rings. The minimum Gasteiger partial charge on any atom is -0.508 e. The number of phenolic OH excluding ortho intramolecular Hbond substituents is 1. The van der Waals surface area contributed by atoms with Crippen molar-refractivity contribution in [3.8, 4) is 5.75 Å². The molecular weight excluding hydrogens is 558 g/mol. The summed E-state index contributed by atoms with van der Waals surface area (Å²) in [6.45, 7) is 8.86. The predicted molar refractivity (Wildman–Crippen MR) is 171 cm³/mol. The maximum absolute atomic E-state index is 13.1. The molecule has 4 aromatic carbocycles. The zero-order valence-corrected chi connectivity index (χ0v) is 25.8. The Labute approximate surface area is 255 Å². The molecule has 0 saturated carbocycles. The van der Waals surface area contributed by atoms with Gasteiger partial charge in [-0.3, -0.25) is 14.4 Å². The van der Waals surface area contributed by atoms with Gasteiger partial charge in [-0.15, -0.1) is 0 Å². The average Bonchev–Trinajstić information content (AvgIpc) is 3.38. The highest BCUT2D eigenvalue weighted by Crippen LogP contribution is 2.44. The van der Waals surface area contributed by atoms with E-state index in [-0.39, 0.29) is 29.6 Å². The molecule has 1 aliphatic rings. The van der Waals surface area contributed by atoms with Crippen molar-refractivity contribution in [1.29, 1.82) is 0 Å². The maximum Gasteiger partial charge on any atom is 0.361 e. The minimum atomic E-state index is -4.71. The number of hydrogen-bond donors (Lipinski definition) is 2. The topological polar surface area (TPSA) is 93.4 Å². The van der Waals surface area contributed by atoms with Crippen molar-refractivity contribution >= 4 is 16.1 Å². The van der Waals surface area contributed by atoms with Crippen LogP contribution in [0.15, 0.2) is 114 Å². The first-order valence-electron chi connectivity index (χ1n) is 14.5. The van der Waals surface area contributed by atoms with Crippen molar-refractivity contribution in [1.82, 2.24) is 9.21 Å². The third-order valence-electron chi connectivity index (χ3n) is 8.12. The monoisotopic (exact) mass is 597 g/mol. The number of rotatable bonds is 9. The van der Waals surface area contributed by atoms with Crippen LogP contribution in [0.1, 0.15) is 73.6 Å². The molecule has 3 atom stereocenters. The van der Waals surface area contributed by atoms with Crippen molar-refractivity contribution in [2.75, 3.05) is 6.54 Å². The van der Waals surface area contributed by atoms with Crippen molar-refractivity contribution in [3.05, 3.63) is 137 Å².